The molecule has 1 heterocycles. The van der Waals surface area contributed by atoms with E-state index in [4.69, 9.17) is 14.6 Å². The minimum absolute atomic E-state index is 0.00494. The van der Waals surface area contributed by atoms with Crippen LogP contribution in [-0.2, 0) is 9.47 Å². The SMILES string of the molecule is CCCCO[C@H]1OC[C@@H](O)[C@@H](O)[C@H]1O. The molecule has 1 saturated heterocycles. The van der Waals surface area contributed by atoms with Gasteiger partial charge in [0.15, 0.2) is 6.29 Å². The zero-order chi connectivity index (χ0) is 10.6. The molecule has 1 aliphatic rings. The monoisotopic (exact) mass is 206 g/mol. The molecule has 0 bridgehead atoms. The third-order valence-electron chi connectivity index (χ3n) is 2.23. The lowest BCUT2D eigenvalue weighted by Crippen LogP contribution is -2.53. The molecule has 5 nitrogen and oxygen atoms in total. The van der Waals surface area contributed by atoms with Crippen molar-refractivity contribution in [3.63, 3.8) is 0 Å². The first-order valence-corrected chi connectivity index (χ1v) is 4.94. The Morgan fingerprint density at radius 2 is 2.00 bits per heavy atom. The van der Waals surface area contributed by atoms with Crippen LogP contribution in [0.4, 0.5) is 0 Å². The van der Waals surface area contributed by atoms with Crippen LogP contribution < -0.4 is 0 Å². The maximum Gasteiger partial charge on any atom is 0.186 e. The van der Waals surface area contributed by atoms with E-state index in [2.05, 4.69) is 0 Å². The summed E-state index contributed by atoms with van der Waals surface area (Å²) in [7, 11) is 0. The van der Waals surface area contributed by atoms with Crippen LogP contribution in [0.2, 0.25) is 0 Å². The first kappa shape index (κ1) is 11.9. The normalized spacial score (nSPS) is 38.6. The Balaban J connectivity index is 2.31. The summed E-state index contributed by atoms with van der Waals surface area (Å²) < 4.78 is 10.2. The Morgan fingerprint density at radius 1 is 1.29 bits per heavy atom. The molecule has 1 fully saturated rings. The fraction of sp³-hybridized carbons (Fsp3) is 1.00. The standard InChI is InChI=1S/C9H18O5/c1-2-3-4-13-9-8(12)7(11)6(10)5-14-9/h6-12H,2-5H2,1H3/t6-,7-,8-,9+/m1/s1. The summed E-state index contributed by atoms with van der Waals surface area (Å²) in [6.45, 7) is 2.51. The fourth-order valence-corrected chi connectivity index (χ4v) is 1.27. The average molecular weight is 206 g/mol. The topological polar surface area (TPSA) is 79.2 Å². The van der Waals surface area contributed by atoms with Crippen LogP contribution >= 0.6 is 0 Å². The van der Waals surface area contributed by atoms with Crippen molar-refractivity contribution in [2.45, 2.75) is 44.4 Å². The van der Waals surface area contributed by atoms with Crippen molar-refractivity contribution in [2.75, 3.05) is 13.2 Å². The maximum absolute atomic E-state index is 9.45. The Hall–Kier alpha value is -0.200. The molecule has 1 rings (SSSR count). The second kappa shape index (κ2) is 5.63. The lowest BCUT2D eigenvalue weighted by atomic mass is 10.1. The Morgan fingerprint density at radius 3 is 2.64 bits per heavy atom. The van der Waals surface area contributed by atoms with Crippen LogP contribution in [0, 0.1) is 0 Å². The van der Waals surface area contributed by atoms with Crippen LogP contribution in [0.3, 0.4) is 0 Å². The van der Waals surface area contributed by atoms with Gasteiger partial charge in [-0.3, -0.25) is 0 Å². The second-order valence-corrected chi connectivity index (χ2v) is 3.47. The van der Waals surface area contributed by atoms with Gasteiger partial charge in [-0.15, -0.1) is 0 Å². The minimum atomic E-state index is -1.18. The highest BCUT2D eigenvalue weighted by Crippen LogP contribution is 2.16. The molecule has 0 spiro atoms. The lowest BCUT2D eigenvalue weighted by Gasteiger charge is -2.34. The molecule has 0 aromatic carbocycles. The van der Waals surface area contributed by atoms with E-state index in [1.807, 2.05) is 6.92 Å². The number of aliphatic hydroxyl groups is 3. The van der Waals surface area contributed by atoms with E-state index in [-0.39, 0.29) is 6.61 Å². The van der Waals surface area contributed by atoms with Crippen LogP contribution in [0.15, 0.2) is 0 Å². The summed E-state index contributed by atoms with van der Waals surface area (Å²) >= 11 is 0. The quantitative estimate of drug-likeness (QED) is 0.527. The third kappa shape index (κ3) is 2.90. The predicted octanol–water partition coefficient (Wildman–Crippen LogP) is -0.758. The van der Waals surface area contributed by atoms with Crippen molar-refractivity contribution in [3.8, 4) is 0 Å². The summed E-state index contributed by atoms with van der Waals surface area (Å²) in [6, 6.07) is 0. The van der Waals surface area contributed by atoms with Crippen LogP contribution in [0.5, 0.6) is 0 Å². The van der Waals surface area contributed by atoms with Gasteiger partial charge in [0, 0.05) is 6.61 Å². The van der Waals surface area contributed by atoms with Crippen molar-refractivity contribution in [2.24, 2.45) is 0 Å². The summed E-state index contributed by atoms with van der Waals surface area (Å²) in [5.41, 5.74) is 0. The first-order valence-electron chi connectivity index (χ1n) is 4.94. The smallest absolute Gasteiger partial charge is 0.186 e. The predicted molar refractivity (Wildman–Crippen MR) is 48.6 cm³/mol. The summed E-state index contributed by atoms with van der Waals surface area (Å²) in [4.78, 5) is 0. The van der Waals surface area contributed by atoms with Gasteiger partial charge in [0.1, 0.15) is 18.3 Å². The molecule has 0 aliphatic carbocycles. The Kier molecular flexibility index (Phi) is 4.77. The largest absolute Gasteiger partial charge is 0.388 e. The fourth-order valence-electron chi connectivity index (χ4n) is 1.27. The summed E-state index contributed by atoms with van der Waals surface area (Å²) in [6.07, 6.45) is -2.33. The number of hydrogen-bond acceptors (Lipinski definition) is 5. The van der Waals surface area contributed by atoms with E-state index in [0.717, 1.165) is 12.8 Å². The van der Waals surface area contributed by atoms with Crippen LogP contribution in [-0.4, -0.2) is 53.1 Å². The Labute approximate surface area is 83.3 Å². The molecule has 3 N–H and O–H groups in total. The van der Waals surface area contributed by atoms with Gasteiger partial charge in [0.2, 0.25) is 0 Å². The zero-order valence-electron chi connectivity index (χ0n) is 8.30. The molecule has 84 valence electrons. The second-order valence-electron chi connectivity index (χ2n) is 3.47. The summed E-state index contributed by atoms with van der Waals surface area (Å²) in [5.74, 6) is 0. The van der Waals surface area contributed by atoms with Gasteiger partial charge in [0.25, 0.3) is 0 Å². The number of aliphatic hydroxyl groups excluding tert-OH is 3. The van der Waals surface area contributed by atoms with E-state index in [1.165, 1.54) is 0 Å². The summed E-state index contributed by atoms with van der Waals surface area (Å²) in [5, 5.41) is 27.9. The highest BCUT2D eigenvalue weighted by atomic mass is 16.7. The molecule has 0 saturated carbocycles. The number of rotatable bonds is 4. The van der Waals surface area contributed by atoms with Gasteiger partial charge in [0.05, 0.1) is 6.61 Å². The molecule has 0 radical (unpaired) electrons. The molecule has 4 atom stereocenters. The zero-order valence-corrected chi connectivity index (χ0v) is 8.30. The molecular weight excluding hydrogens is 188 g/mol. The van der Waals surface area contributed by atoms with Gasteiger partial charge >= 0.3 is 0 Å². The van der Waals surface area contributed by atoms with Gasteiger partial charge in [-0.2, -0.15) is 0 Å². The van der Waals surface area contributed by atoms with E-state index in [9.17, 15) is 10.2 Å². The van der Waals surface area contributed by atoms with Crippen molar-refractivity contribution in [3.05, 3.63) is 0 Å². The third-order valence-corrected chi connectivity index (χ3v) is 2.23. The van der Waals surface area contributed by atoms with Gasteiger partial charge < -0.3 is 24.8 Å². The number of hydrogen-bond donors (Lipinski definition) is 3. The molecule has 0 aromatic heterocycles. The van der Waals surface area contributed by atoms with Crippen molar-refractivity contribution in [1.29, 1.82) is 0 Å². The molecule has 0 aromatic rings. The van der Waals surface area contributed by atoms with Crippen molar-refractivity contribution >= 4 is 0 Å². The lowest BCUT2D eigenvalue weighted by molar-refractivity contribution is -0.269. The van der Waals surface area contributed by atoms with E-state index in [1.54, 1.807) is 0 Å². The average Bonchev–Trinajstić information content (AvgIpc) is 2.18. The number of unbranched alkanes of at least 4 members (excludes halogenated alkanes) is 1. The van der Waals surface area contributed by atoms with Gasteiger partial charge in [-0.05, 0) is 6.42 Å². The molecule has 0 unspecified atom stereocenters. The van der Waals surface area contributed by atoms with Crippen molar-refractivity contribution in [1.82, 2.24) is 0 Å². The van der Waals surface area contributed by atoms with Crippen LogP contribution in [0.25, 0.3) is 0 Å². The minimum Gasteiger partial charge on any atom is -0.388 e. The van der Waals surface area contributed by atoms with Crippen LogP contribution in [0.1, 0.15) is 19.8 Å². The molecular formula is C9H18O5. The van der Waals surface area contributed by atoms with Gasteiger partial charge in [-0.25, -0.2) is 0 Å². The number of ether oxygens (including phenoxy) is 2. The molecule has 14 heavy (non-hydrogen) atoms. The molecule has 5 heteroatoms. The van der Waals surface area contributed by atoms with E-state index < -0.39 is 24.6 Å². The van der Waals surface area contributed by atoms with E-state index >= 15 is 0 Å². The van der Waals surface area contributed by atoms with Crippen molar-refractivity contribution < 1.29 is 24.8 Å². The first-order chi connectivity index (χ1) is 6.66. The molecule has 1 aliphatic heterocycles. The van der Waals surface area contributed by atoms with E-state index in [0.29, 0.717) is 6.61 Å². The Bertz CT molecular complexity index is 163. The molecule has 0 amide bonds. The van der Waals surface area contributed by atoms with Gasteiger partial charge in [-0.1, -0.05) is 13.3 Å². The maximum atomic E-state index is 9.45. The highest BCUT2D eigenvalue weighted by molar-refractivity contribution is 4.82. The highest BCUT2D eigenvalue weighted by Gasteiger charge is 2.37.